The van der Waals surface area contributed by atoms with Crippen LogP contribution in [0.3, 0.4) is 0 Å². The van der Waals surface area contributed by atoms with Crippen molar-refractivity contribution < 1.29 is 23.1 Å². The first kappa shape index (κ1) is 13.8. The summed E-state index contributed by atoms with van der Waals surface area (Å²) in [7, 11) is -2.38. The fourth-order valence-corrected chi connectivity index (χ4v) is 2.89. The van der Waals surface area contributed by atoms with E-state index in [1.54, 1.807) is 0 Å². The Labute approximate surface area is 104 Å². The molecule has 0 atom stereocenters. The molecule has 1 aromatic carbocycles. The highest BCUT2D eigenvalue weighted by atomic mass is 35.5. The van der Waals surface area contributed by atoms with Crippen molar-refractivity contribution in [2.75, 3.05) is 12.9 Å². The van der Waals surface area contributed by atoms with Crippen LogP contribution in [0.5, 0.6) is 5.75 Å². The van der Waals surface area contributed by atoms with Crippen molar-refractivity contribution in [3.63, 3.8) is 0 Å². The molecule has 94 valence electrons. The number of halogens is 1. The molecule has 0 saturated heterocycles. The van der Waals surface area contributed by atoms with E-state index in [1.165, 1.54) is 25.3 Å². The average molecular weight is 279 g/mol. The van der Waals surface area contributed by atoms with E-state index in [9.17, 15) is 13.2 Å². The zero-order valence-corrected chi connectivity index (χ0v) is 10.6. The number of sulfone groups is 1. The smallest absolute Gasteiger partial charge is 0.304 e. The minimum absolute atomic E-state index is 0.0891. The number of hydrogen-bond acceptors (Lipinski definition) is 4. The predicted octanol–water partition coefficient (Wildman–Crippen LogP) is 1.60. The number of methoxy groups -OCH3 is 1. The third-order valence-electron chi connectivity index (χ3n) is 2.05. The molecule has 0 heterocycles. The summed E-state index contributed by atoms with van der Waals surface area (Å²) in [4.78, 5) is 10.3. The van der Waals surface area contributed by atoms with Gasteiger partial charge in [-0.25, -0.2) is 8.42 Å². The van der Waals surface area contributed by atoms with Gasteiger partial charge in [-0.15, -0.1) is 0 Å². The fraction of sp³-hybridized carbons (Fsp3) is 0.300. The summed E-state index contributed by atoms with van der Waals surface area (Å²) in [5, 5.41) is 8.73. The molecule has 0 saturated carbocycles. The minimum atomic E-state index is -3.71. The highest BCUT2D eigenvalue weighted by Gasteiger charge is 2.21. The van der Waals surface area contributed by atoms with Gasteiger partial charge in [0.05, 0.1) is 19.3 Å². The number of ether oxygens (including phenoxy) is 1. The average Bonchev–Trinajstić information content (AvgIpc) is 2.26. The van der Waals surface area contributed by atoms with Gasteiger partial charge in [0.2, 0.25) is 0 Å². The first-order valence-corrected chi connectivity index (χ1v) is 6.68. The van der Waals surface area contributed by atoms with Crippen LogP contribution in [0.1, 0.15) is 6.42 Å². The Morgan fingerprint density at radius 1 is 1.47 bits per heavy atom. The third-order valence-corrected chi connectivity index (χ3v) is 4.01. The van der Waals surface area contributed by atoms with Crippen LogP contribution in [-0.2, 0) is 14.6 Å². The zero-order valence-electron chi connectivity index (χ0n) is 9.01. The molecule has 0 radical (unpaired) electrons. The first-order chi connectivity index (χ1) is 7.86. The van der Waals surface area contributed by atoms with E-state index in [0.717, 1.165) is 0 Å². The molecule has 1 N–H and O–H groups in total. The SMILES string of the molecule is COc1ccc(Cl)cc1S(=O)(=O)CCC(=O)O. The van der Waals surface area contributed by atoms with E-state index in [1.807, 2.05) is 0 Å². The van der Waals surface area contributed by atoms with Crippen LogP contribution in [-0.4, -0.2) is 32.4 Å². The Balaban J connectivity index is 3.13. The third kappa shape index (κ3) is 3.61. The molecule has 1 rings (SSSR count). The summed E-state index contributed by atoms with van der Waals surface area (Å²) in [6, 6.07) is 4.17. The van der Waals surface area contributed by atoms with Crippen molar-refractivity contribution in [1.29, 1.82) is 0 Å². The second-order valence-corrected chi connectivity index (χ2v) is 5.77. The Morgan fingerprint density at radius 3 is 2.65 bits per heavy atom. The Hall–Kier alpha value is -1.27. The second-order valence-electron chi connectivity index (χ2n) is 3.26. The Bertz CT molecular complexity index is 523. The molecule has 0 bridgehead atoms. The lowest BCUT2D eigenvalue weighted by Gasteiger charge is -2.09. The number of aliphatic carboxylic acids is 1. The Morgan fingerprint density at radius 2 is 2.12 bits per heavy atom. The maximum absolute atomic E-state index is 11.9. The molecule has 0 unspecified atom stereocenters. The van der Waals surface area contributed by atoms with Crippen LogP contribution >= 0.6 is 11.6 Å². The largest absolute Gasteiger partial charge is 0.495 e. The summed E-state index contributed by atoms with van der Waals surface area (Å²) in [5.74, 6) is -1.51. The number of hydrogen-bond donors (Lipinski definition) is 1. The molecule has 0 amide bonds. The number of benzene rings is 1. The highest BCUT2D eigenvalue weighted by Crippen LogP contribution is 2.28. The van der Waals surface area contributed by atoms with Crippen molar-refractivity contribution in [1.82, 2.24) is 0 Å². The molecule has 0 aliphatic heterocycles. The van der Waals surface area contributed by atoms with Gasteiger partial charge in [-0.3, -0.25) is 4.79 Å². The lowest BCUT2D eigenvalue weighted by molar-refractivity contribution is -0.136. The van der Waals surface area contributed by atoms with Gasteiger partial charge in [0, 0.05) is 5.02 Å². The molecule has 1 aromatic rings. The van der Waals surface area contributed by atoms with Crippen LogP contribution in [0, 0.1) is 0 Å². The van der Waals surface area contributed by atoms with Crippen LogP contribution in [0.15, 0.2) is 23.1 Å². The molecule has 0 spiro atoms. The molecular weight excluding hydrogens is 268 g/mol. The quantitative estimate of drug-likeness (QED) is 0.885. The standard InChI is InChI=1S/C10H11ClO5S/c1-16-8-3-2-7(11)6-9(8)17(14,15)5-4-10(12)13/h2-3,6H,4-5H2,1H3,(H,12,13). The summed E-state index contributed by atoms with van der Waals surface area (Å²) in [6.45, 7) is 0. The first-order valence-electron chi connectivity index (χ1n) is 4.65. The molecule has 17 heavy (non-hydrogen) atoms. The van der Waals surface area contributed by atoms with Crippen molar-refractivity contribution >= 4 is 27.4 Å². The van der Waals surface area contributed by atoms with E-state index in [-0.39, 0.29) is 15.7 Å². The van der Waals surface area contributed by atoms with Crippen LogP contribution < -0.4 is 4.74 Å². The van der Waals surface area contributed by atoms with Crippen molar-refractivity contribution in [3.05, 3.63) is 23.2 Å². The number of carbonyl (C=O) groups is 1. The molecule has 5 nitrogen and oxygen atoms in total. The lowest BCUT2D eigenvalue weighted by Crippen LogP contribution is -2.12. The normalized spacial score (nSPS) is 11.2. The molecule has 0 aromatic heterocycles. The highest BCUT2D eigenvalue weighted by molar-refractivity contribution is 7.91. The van der Waals surface area contributed by atoms with Gasteiger partial charge >= 0.3 is 5.97 Å². The summed E-state index contributed by atoms with van der Waals surface area (Å²) >= 11 is 5.71. The monoisotopic (exact) mass is 278 g/mol. The van der Waals surface area contributed by atoms with Crippen LogP contribution in [0.2, 0.25) is 5.02 Å². The van der Waals surface area contributed by atoms with E-state index in [4.69, 9.17) is 21.4 Å². The maximum atomic E-state index is 11.9. The van der Waals surface area contributed by atoms with Crippen LogP contribution in [0.25, 0.3) is 0 Å². The van der Waals surface area contributed by atoms with Gasteiger partial charge in [-0.05, 0) is 18.2 Å². The molecule has 0 aliphatic rings. The Kier molecular flexibility index (Phi) is 4.36. The van der Waals surface area contributed by atoms with Gasteiger partial charge in [0.25, 0.3) is 0 Å². The van der Waals surface area contributed by atoms with Gasteiger partial charge in [0.1, 0.15) is 10.6 Å². The zero-order chi connectivity index (χ0) is 13.1. The lowest BCUT2D eigenvalue weighted by atomic mass is 10.3. The minimum Gasteiger partial charge on any atom is -0.495 e. The number of rotatable bonds is 5. The van der Waals surface area contributed by atoms with Crippen molar-refractivity contribution in [2.24, 2.45) is 0 Å². The summed E-state index contributed by atoms with van der Waals surface area (Å²) < 4.78 is 28.6. The van der Waals surface area contributed by atoms with E-state index < -0.39 is 28.0 Å². The van der Waals surface area contributed by atoms with E-state index in [2.05, 4.69) is 0 Å². The van der Waals surface area contributed by atoms with Gasteiger partial charge in [0.15, 0.2) is 9.84 Å². The van der Waals surface area contributed by atoms with Crippen molar-refractivity contribution in [2.45, 2.75) is 11.3 Å². The molecular formula is C10H11ClO5S. The number of carboxylic acids is 1. The van der Waals surface area contributed by atoms with E-state index in [0.29, 0.717) is 0 Å². The van der Waals surface area contributed by atoms with E-state index >= 15 is 0 Å². The van der Waals surface area contributed by atoms with Crippen LogP contribution in [0.4, 0.5) is 0 Å². The van der Waals surface area contributed by atoms with Gasteiger partial charge < -0.3 is 9.84 Å². The summed E-state index contributed by atoms with van der Waals surface area (Å²) in [6.07, 6.45) is -0.460. The van der Waals surface area contributed by atoms with Gasteiger partial charge in [-0.2, -0.15) is 0 Å². The van der Waals surface area contributed by atoms with Gasteiger partial charge in [-0.1, -0.05) is 11.6 Å². The fourth-order valence-electron chi connectivity index (χ4n) is 1.23. The predicted molar refractivity (Wildman–Crippen MR) is 62.3 cm³/mol. The van der Waals surface area contributed by atoms with Crippen molar-refractivity contribution in [3.8, 4) is 5.75 Å². The summed E-state index contributed by atoms with van der Waals surface area (Å²) in [5.41, 5.74) is 0. The topological polar surface area (TPSA) is 80.7 Å². The number of carboxylic acid groups (broad SMARTS) is 1. The molecule has 0 aliphatic carbocycles. The molecule has 0 fully saturated rings. The maximum Gasteiger partial charge on any atom is 0.304 e. The second kappa shape index (κ2) is 5.37. The molecule has 7 heteroatoms.